The zero-order valence-corrected chi connectivity index (χ0v) is 27.6. The molecule has 1 heterocycles. The summed E-state index contributed by atoms with van der Waals surface area (Å²) in [6.07, 6.45) is 8.28. The van der Waals surface area contributed by atoms with Crippen molar-refractivity contribution in [2.24, 2.45) is 17.4 Å². The van der Waals surface area contributed by atoms with Gasteiger partial charge in [-0.25, -0.2) is 14.6 Å². The van der Waals surface area contributed by atoms with E-state index in [1.165, 1.54) is 11.2 Å². The third-order valence-electron chi connectivity index (χ3n) is 7.06. The predicted octanol–water partition coefficient (Wildman–Crippen LogP) is 2.73. The molecule has 0 saturated heterocycles. The minimum Gasteiger partial charge on any atom is -0.480 e. The van der Waals surface area contributed by atoms with Crippen LogP contribution in [0.1, 0.15) is 53.5 Å². The predicted molar refractivity (Wildman–Crippen MR) is 174 cm³/mol. The summed E-state index contributed by atoms with van der Waals surface area (Å²) < 4.78 is 11.0. The molecule has 1 aromatic rings. The van der Waals surface area contributed by atoms with Gasteiger partial charge in [-0.15, -0.1) is 0 Å². The second-order valence-electron chi connectivity index (χ2n) is 13.3. The number of esters is 1. The van der Waals surface area contributed by atoms with E-state index < -0.39 is 71.5 Å². The number of rotatable bonds is 12. The number of hydrogen-bond acceptors (Lipinski definition) is 9. The third kappa shape index (κ3) is 10.3. The van der Waals surface area contributed by atoms with E-state index in [4.69, 9.17) is 20.9 Å². The normalized spacial score (nSPS) is 17.7. The van der Waals surface area contributed by atoms with Gasteiger partial charge in [-0.1, -0.05) is 54.6 Å². The molecule has 3 rings (SSSR count). The maximum absolute atomic E-state index is 14.8. The van der Waals surface area contributed by atoms with Crippen LogP contribution in [0.15, 0.2) is 78.1 Å². The molecule has 0 bridgehead atoms. The highest BCUT2D eigenvalue weighted by Gasteiger charge is 2.44. The molecule has 0 fully saturated rings. The number of nitrogens with zero attached hydrogens (tertiary/aromatic N) is 2. The Bertz CT molecular complexity index is 1470. The van der Waals surface area contributed by atoms with Crippen LogP contribution in [0.4, 0.5) is 4.79 Å². The van der Waals surface area contributed by atoms with Crippen molar-refractivity contribution >= 4 is 29.8 Å². The van der Waals surface area contributed by atoms with Crippen molar-refractivity contribution in [1.82, 2.24) is 15.3 Å². The van der Waals surface area contributed by atoms with Gasteiger partial charge in [0.25, 0.3) is 5.91 Å². The smallest absolute Gasteiger partial charge is 0.408 e. The molecule has 13 heteroatoms. The average molecular weight is 652 g/mol. The van der Waals surface area contributed by atoms with E-state index in [9.17, 15) is 29.1 Å². The number of alkyl carbamates (subject to hydrolysis) is 1. The van der Waals surface area contributed by atoms with Gasteiger partial charge in [0, 0.05) is 19.2 Å². The molecule has 254 valence electrons. The van der Waals surface area contributed by atoms with Crippen LogP contribution < -0.4 is 16.8 Å². The SMILES string of the molecule is CC(C)(C)OC(=O)N[C@@H](Cc1ccccc1)C(=O)N([C@@H](CC(CN)C(=O)OC(C)(C)C)C(=O)O)N1C=C(C(N)=O)C=C2C=CC=CC21. The molecule has 0 spiro atoms. The molecular weight excluding hydrogens is 606 g/mol. The van der Waals surface area contributed by atoms with E-state index in [2.05, 4.69) is 5.32 Å². The molecule has 0 aromatic heterocycles. The van der Waals surface area contributed by atoms with E-state index in [1.54, 1.807) is 102 Å². The summed E-state index contributed by atoms with van der Waals surface area (Å²) in [6, 6.07) is 5.01. The number of aliphatic carboxylic acids is 1. The Kier molecular flexibility index (Phi) is 11.8. The lowest BCUT2D eigenvalue weighted by Gasteiger charge is -2.45. The molecule has 3 amide bonds. The number of nitrogens with two attached hydrogens (primary N) is 2. The summed E-state index contributed by atoms with van der Waals surface area (Å²) in [5, 5.41) is 15.5. The van der Waals surface area contributed by atoms with Crippen LogP contribution >= 0.6 is 0 Å². The molecule has 47 heavy (non-hydrogen) atoms. The number of hydrogen-bond donors (Lipinski definition) is 4. The Morgan fingerprint density at radius 1 is 1.00 bits per heavy atom. The van der Waals surface area contributed by atoms with Gasteiger partial charge in [0.15, 0.2) is 6.04 Å². The quantitative estimate of drug-likeness (QED) is 0.244. The van der Waals surface area contributed by atoms with Crippen LogP contribution in [0, 0.1) is 5.92 Å². The molecular formula is C34H45N5O8. The van der Waals surface area contributed by atoms with Crippen molar-refractivity contribution in [2.45, 2.75) is 83.7 Å². The second kappa shape index (κ2) is 15.1. The lowest BCUT2D eigenvalue weighted by atomic mass is 9.94. The fraction of sp³-hybridized carbons (Fsp3) is 0.441. The van der Waals surface area contributed by atoms with E-state index in [0.717, 1.165) is 5.01 Å². The van der Waals surface area contributed by atoms with Gasteiger partial charge in [-0.2, -0.15) is 0 Å². The van der Waals surface area contributed by atoms with Gasteiger partial charge in [0.05, 0.1) is 17.5 Å². The highest BCUT2D eigenvalue weighted by molar-refractivity contribution is 5.96. The maximum atomic E-state index is 14.8. The molecule has 2 aliphatic rings. The van der Waals surface area contributed by atoms with Gasteiger partial charge >= 0.3 is 18.0 Å². The molecule has 0 radical (unpaired) electrons. The van der Waals surface area contributed by atoms with Crippen molar-refractivity contribution in [2.75, 3.05) is 6.54 Å². The molecule has 1 aromatic carbocycles. The topological polar surface area (TPSA) is 195 Å². The first-order chi connectivity index (χ1) is 21.9. The van der Waals surface area contributed by atoms with E-state index >= 15 is 0 Å². The summed E-state index contributed by atoms with van der Waals surface area (Å²) in [5.41, 5.74) is 11.0. The van der Waals surface area contributed by atoms with Gasteiger partial charge in [0.1, 0.15) is 17.2 Å². The number of carbonyl (C=O) groups excluding carboxylic acids is 4. The number of allylic oxidation sites excluding steroid dienone is 2. The number of amides is 3. The average Bonchev–Trinajstić information content (AvgIpc) is 2.96. The van der Waals surface area contributed by atoms with Gasteiger partial charge in [-0.05, 0) is 65.2 Å². The van der Waals surface area contributed by atoms with Crippen LogP contribution in [0.2, 0.25) is 0 Å². The standard InChI is InChI=1S/C34H45N5O8/c1-33(2,3)46-31(44)23(19-35)18-27(30(42)43)39(38-20-24(28(36)40)17-22-14-10-11-15-26(22)38)29(41)25(16-21-12-8-7-9-13-21)37-32(45)47-34(4,5)6/h7-15,17,20,23,25-27H,16,18-19,35H2,1-6H3,(H2,36,40)(H,37,45)(H,42,43)/t23?,25-,26?,27-/m0/s1. The molecule has 2 unspecified atom stereocenters. The first-order valence-electron chi connectivity index (χ1n) is 15.3. The summed E-state index contributed by atoms with van der Waals surface area (Å²) in [4.78, 5) is 66.6. The number of primary amides is 1. The van der Waals surface area contributed by atoms with Crippen LogP contribution in [-0.2, 0) is 35.1 Å². The Labute approximate surface area is 274 Å². The van der Waals surface area contributed by atoms with E-state index in [-0.39, 0.29) is 18.5 Å². The number of fused-ring (bicyclic) bond motifs is 1. The largest absolute Gasteiger partial charge is 0.480 e. The molecule has 13 nitrogen and oxygen atoms in total. The summed E-state index contributed by atoms with van der Waals surface area (Å²) in [7, 11) is 0. The second-order valence-corrected chi connectivity index (χ2v) is 13.3. The minimum absolute atomic E-state index is 0.000340. The van der Waals surface area contributed by atoms with Gasteiger partial charge in [0.2, 0.25) is 5.91 Å². The first-order valence-corrected chi connectivity index (χ1v) is 15.3. The highest BCUT2D eigenvalue weighted by atomic mass is 16.6. The zero-order valence-electron chi connectivity index (χ0n) is 27.6. The van der Waals surface area contributed by atoms with E-state index in [0.29, 0.717) is 11.1 Å². The fourth-order valence-corrected chi connectivity index (χ4v) is 5.03. The molecule has 6 N–H and O–H groups in total. The Morgan fingerprint density at radius 3 is 2.19 bits per heavy atom. The molecule has 1 aliphatic heterocycles. The number of carbonyl (C=O) groups is 5. The van der Waals surface area contributed by atoms with Crippen molar-refractivity contribution < 1.29 is 38.6 Å². The van der Waals surface area contributed by atoms with Crippen molar-refractivity contribution in [3.8, 4) is 0 Å². The number of ether oxygens (including phenoxy) is 2. The van der Waals surface area contributed by atoms with Crippen molar-refractivity contribution in [3.05, 3.63) is 83.6 Å². The lowest BCUT2D eigenvalue weighted by molar-refractivity contribution is -0.171. The van der Waals surface area contributed by atoms with Crippen LogP contribution in [0.25, 0.3) is 0 Å². The number of benzene rings is 1. The number of carboxylic acid groups (broad SMARTS) is 1. The summed E-state index contributed by atoms with van der Waals surface area (Å²) in [5.74, 6) is -4.99. The van der Waals surface area contributed by atoms with Crippen molar-refractivity contribution in [1.29, 1.82) is 0 Å². The lowest BCUT2D eigenvalue weighted by Crippen LogP contribution is -2.63. The van der Waals surface area contributed by atoms with Crippen LogP contribution in [-0.4, -0.2) is 80.8 Å². The Balaban J connectivity index is 2.19. The Morgan fingerprint density at radius 2 is 1.64 bits per heavy atom. The van der Waals surface area contributed by atoms with Crippen LogP contribution in [0.5, 0.6) is 0 Å². The molecule has 0 saturated carbocycles. The number of nitrogens with one attached hydrogen (secondary N) is 1. The van der Waals surface area contributed by atoms with Gasteiger partial charge in [-0.3, -0.25) is 19.4 Å². The maximum Gasteiger partial charge on any atom is 0.408 e. The molecule has 4 atom stereocenters. The third-order valence-corrected chi connectivity index (χ3v) is 7.06. The summed E-state index contributed by atoms with van der Waals surface area (Å²) in [6.45, 7) is 9.72. The number of carboxylic acids is 1. The Hall–Kier alpha value is -4.91. The first kappa shape index (κ1) is 36.6. The fourth-order valence-electron chi connectivity index (χ4n) is 5.03. The number of hydrazine groups is 1. The highest BCUT2D eigenvalue weighted by Crippen LogP contribution is 2.31. The van der Waals surface area contributed by atoms with Crippen molar-refractivity contribution in [3.63, 3.8) is 0 Å². The monoisotopic (exact) mass is 651 g/mol. The minimum atomic E-state index is -1.72. The van der Waals surface area contributed by atoms with Gasteiger partial charge < -0.3 is 31.4 Å². The zero-order chi connectivity index (χ0) is 35.1. The molecule has 1 aliphatic carbocycles. The van der Waals surface area contributed by atoms with E-state index in [1.807, 2.05) is 0 Å². The summed E-state index contributed by atoms with van der Waals surface area (Å²) >= 11 is 0. The van der Waals surface area contributed by atoms with Crippen LogP contribution in [0.3, 0.4) is 0 Å².